The number of nitrogens with zero attached hydrogens (tertiary/aromatic N) is 2. The molecular weight excluding hydrogens is 385 g/mol. The van der Waals surface area contributed by atoms with E-state index in [1.165, 1.54) is 44.1 Å². The Labute approximate surface area is 175 Å². The monoisotopic (exact) mass is 410 g/mol. The Balaban J connectivity index is 1.46. The predicted octanol–water partition coefficient (Wildman–Crippen LogP) is 7.30. The highest BCUT2D eigenvalue weighted by molar-refractivity contribution is 5.64. The van der Waals surface area contributed by atoms with Crippen LogP contribution in [0.3, 0.4) is 0 Å². The Bertz CT molecular complexity index is 969. The molecule has 0 N–H and O–H groups in total. The summed E-state index contributed by atoms with van der Waals surface area (Å²) in [6.45, 7) is 2.26. The Kier molecular flexibility index (Phi) is 6.16. The van der Waals surface area contributed by atoms with Crippen LogP contribution in [0.25, 0.3) is 22.5 Å². The number of aromatic nitrogens is 2. The van der Waals surface area contributed by atoms with Crippen molar-refractivity contribution in [3.8, 4) is 22.5 Å². The van der Waals surface area contributed by atoms with Gasteiger partial charge < -0.3 is 0 Å². The maximum Gasteiger partial charge on any atom is 0.194 e. The maximum absolute atomic E-state index is 13.5. The zero-order valence-corrected chi connectivity index (χ0v) is 17.0. The Morgan fingerprint density at radius 3 is 1.97 bits per heavy atom. The highest BCUT2D eigenvalue weighted by Crippen LogP contribution is 2.38. The molecule has 0 unspecified atom stereocenters. The van der Waals surface area contributed by atoms with E-state index in [4.69, 9.17) is 0 Å². The van der Waals surface area contributed by atoms with E-state index in [2.05, 4.69) is 41.2 Å². The van der Waals surface area contributed by atoms with E-state index in [1.54, 1.807) is 12.4 Å². The summed E-state index contributed by atoms with van der Waals surface area (Å²) in [6, 6.07) is 10.3. The van der Waals surface area contributed by atoms with Gasteiger partial charge in [0.2, 0.25) is 0 Å². The number of halogens is 3. The van der Waals surface area contributed by atoms with E-state index < -0.39 is 17.5 Å². The first-order valence-corrected chi connectivity index (χ1v) is 10.6. The molecule has 1 fully saturated rings. The van der Waals surface area contributed by atoms with Crippen LogP contribution in [0.2, 0.25) is 0 Å². The maximum atomic E-state index is 13.5. The minimum Gasteiger partial charge on any atom is -0.236 e. The summed E-state index contributed by atoms with van der Waals surface area (Å²) in [5.74, 6) is -2.32. The Morgan fingerprint density at radius 2 is 1.40 bits per heavy atom. The van der Waals surface area contributed by atoms with Crippen LogP contribution in [-0.2, 0) is 0 Å². The topological polar surface area (TPSA) is 25.8 Å². The van der Waals surface area contributed by atoms with Crippen molar-refractivity contribution in [1.82, 2.24) is 9.97 Å². The van der Waals surface area contributed by atoms with Crippen LogP contribution in [0, 0.1) is 23.4 Å². The van der Waals surface area contributed by atoms with Crippen molar-refractivity contribution in [2.45, 2.75) is 51.4 Å². The molecule has 1 aliphatic carbocycles. The van der Waals surface area contributed by atoms with Crippen molar-refractivity contribution in [3.63, 3.8) is 0 Å². The minimum absolute atomic E-state index is 0.104. The smallest absolute Gasteiger partial charge is 0.194 e. The Hall–Kier alpha value is -2.69. The number of rotatable bonds is 5. The van der Waals surface area contributed by atoms with Crippen LogP contribution in [0.1, 0.15) is 56.9 Å². The normalized spacial score (nSPS) is 19.1. The molecule has 0 atom stereocenters. The minimum atomic E-state index is -1.49. The lowest BCUT2D eigenvalue weighted by atomic mass is 9.77. The molecule has 1 aliphatic rings. The zero-order valence-electron chi connectivity index (χ0n) is 17.0. The third-order valence-corrected chi connectivity index (χ3v) is 6.15. The fourth-order valence-electron chi connectivity index (χ4n) is 4.45. The van der Waals surface area contributed by atoms with Crippen molar-refractivity contribution in [2.75, 3.05) is 0 Å². The van der Waals surface area contributed by atoms with Gasteiger partial charge in [0.1, 0.15) is 0 Å². The van der Waals surface area contributed by atoms with Crippen LogP contribution in [-0.4, -0.2) is 9.97 Å². The van der Waals surface area contributed by atoms with Crippen molar-refractivity contribution in [3.05, 3.63) is 71.8 Å². The average molecular weight is 410 g/mol. The molecule has 156 valence electrons. The zero-order chi connectivity index (χ0) is 21.1. The molecule has 0 spiro atoms. The first-order valence-electron chi connectivity index (χ1n) is 10.6. The summed E-state index contributed by atoms with van der Waals surface area (Å²) in [5, 5.41) is 0. The molecule has 1 heterocycles. The average Bonchev–Trinajstić information content (AvgIpc) is 2.78. The first-order chi connectivity index (χ1) is 14.5. The molecule has 2 nitrogen and oxygen atoms in total. The van der Waals surface area contributed by atoms with Gasteiger partial charge in [0, 0.05) is 23.5 Å². The van der Waals surface area contributed by atoms with Gasteiger partial charge in [-0.15, -0.1) is 0 Å². The van der Waals surface area contributed by atoms with Gasteiger partial charge in [0.15, 0.2) is 23.3 Å². The van der Waals surface area contributed by atoms with Gasteiger partial charge in [-0.3, -0.25) is 0 Å². The van der Waals surface area contributed by atoms with E-state index in [9.17, 15) is 13.2 Å². The van der Waals surface area contributed by atoms with Crippen LogP contribution in [0.4, 0.5) is 13.2 Å². The SMILES string of the molecule is CCC[C@H]1CC[C@H](c2ccc(-c3cnc(-c4cc(F)c(F)c(F)c4)nc3)cc2)CC1. The molecule has 30 heavy (non-hydrogen) atoms. The van der Waals surface area contributed by atoms with Gasteiger partial charge in [0.25, 0.3) is 0 Å². The van der Waals surface area contributed by atoms with Gasteiger partial charge in [-0.05, 0) is 60.8 Å². The standard InChI is InChI=1S/C25H25F3N2/c1-2-3-16-4-6-17(7-5-16)18-8-10-19(11-9-18)21-14-29-25(30-15-21)20-12-22(26)24(28)23(27)13-20/h8-17H,2-7H2,1H3/t16-,17-. The lowest BCUT2D eigenvalue weighted by Crippen LogP contribution is -2.13. The highest BCUT2D eigenvalue weighted by Gasteiger charge is 2.21. The largest absolute Gasteiger partial charge is 0.236 e. The lowest BCUT2D eigenvalue weighted by molar-refractivity contribution is 0.308. The molecule has 0 radical (unpaired) electrons. The van der Waals surface area contributed by atoms with Crippen LogP contribution in [0.15, 0.2) is 48.8 Å². The molecular formula is C25H25F3N2. The van der Waals surface area contributed by atoms with E-state index in [0.29, 0.717) is 5.92 Å². The van der Waals surface area contributed by atoms with E-state index in [0.717, 1.165) is 29.2 Å². The van der Waals surface area contributed by atoms with E-state index in [-0.39, 0.29) is 11.4 Å². The molecule has 2 aromatic carbocycles. The number of benzene rings is 2. The van der Waals surface area contributed by atoms with Crippen LogP contribution >= 0.6 is 0 Å². The second-order valence-electron chi connectivity index (χ2n) is 8.18. The molecule has 4 rings (SSSR count). The van der Waals surface area contributed by atoms with Gasteiger partial charge in [0.05, 0.1) is 0 Å². The lowest BCUT2D eigenvalue weighted by Gasteiger charge is -2.28. The molecule has 3 aromatic rings. The molecule has 0 saturated heterocycles. The fourth-order valence-corrected chi connectivity index (χ4v) is 4.45. The molecule has 0 bridgehead atoms. The second-order valence-corrected chi connectivity index (χ2v) is 8.18. The Morgan fingerprint density at radius 1 is 0.800 bits per heavy atom. The van der Waals surface area contributed by atoms with Crippen molar-refractivity contribution < 1.29 is 13.2 Å². The summed E-state index contributed by atoms with van der Waals surface area (Å²) in [5.41, 5.74) is 3.29. The van der Waals surface area contributed by atoms with Gasteiger partial charge >= 0.3 is 0 Å². The summed E-state index contributed by atoms with van der Waals surface area (Å²) >= 11 is 0. The van der Waals surface area contributed by atoms with Gasteiger partial charge in [-0.25, -0.2) is 23.1 Å². The van der Waals surface area contributed by atoms with Crippen molar-refractivity contribution >= 4 is 0 Å². The molecule has 1 aromatic heterocycles. The molecule has 5 heteroatoms. The second kappa shape index (κ2) is 8.99. The summed E-state index contributed by atoms with van der Waals surface area (Å²) in [4.78, 5) is 8.42. The highest BCUT2D eigenvalue weighted by atomic mass is 19.2. The first kappa shape index (κ1) is 20.6. The molecule has 1 saturated carbocycles. The van der Waals surface area contributed by atoms with Crippen LogP contribution in [0.5, 0.6) is 0 Å². The van der Waals surface area contributed by atoms with Gasteiger partial charge in [-0.1, -0.05) is 44.0 Å². The van der Waals surface area contributed by atoms with Gasteiger partial charge in [-0.2, -0.15) is 0 Å². The van der Waals surface area contributed by atoms with E-state index >= 15 is 0 Å². The third kappa shape index (κ3) is 4.40. The summed E-state index contributed by atoms with van der Waals surface area (Å²) in [7, 11) is 0. The van der Waals surface area contributed by atoms with Crippen molar-refractivity contribution in [1.29, 1.82) is 0 Å². The van der Waals surface area contributed by atoms with E-state index in [1.807, 2.05) is 0 Å². The predicted molar refractivity (Wildman–Crippen MR) is 112 cm³/mol. The van der Waals surface area contributed by atoms with Crippen LogP contribution < -0.4 is 0 Å². The number of hydrogen-bond acceptors (Lipinski definition) is 2. The third-order valence-electron chi connectivity index (χ3n) is 6.15. The quantitative estimate of drug-likeness (QED) is 0.412. The van der Waals surface area contributed by atoms with Crippen molar-refractivity contribution in [2.24, 2.45) is 5.92 Å². The summed E-state index contributed by atoms with van der Waals surface area (Å²) in [6.07, 6.45) is 11.0. The molecule has 0 amide bonds. The molecule has 0 aliphatic heterocycles. The number of hydrogen-bond donors (Lipinski definition) is 0. The summed E-state index contributed by atoms with van der Waals surface area (Å²) < 4.78 is 40.0. The fraction of sp³-hybridized carbons (Fsp3) is 0.360.